The zero-order valence-electron chi connectivity index (χ0n) is 13.6. The number of urea groups is 1. The van der Waals surface area contributed by atoms with E-state index in [1.54, 1.807) is 4.72 Å². The van der Waals surface area contributed by atoms with Crippen molar-refractivity contribution in [3.63, 3.8) is 0 Å². The van der Waals surface area contributed by atoms with Gasteiger partial charge in [0.25, 0.3) is 10.0 Å². The highest BCUT2D eigenvalue weighted by atomic mass is 32.2. The van der Waals surface area contributed by atoms with Gasteiger partial charge in [-0.15, -0.1) is 0 Å². The molecule has 26 heavy (non-hydrogen) atoms. The van der Waals surface area contributed by atoms with E-state index in [9.17, 15) is 18.0 Å². The molecule has 2 aromatic rings. The molecule has 0 atom stereocenters. The van der Waals surface area contributed by atoms with Crippen LogP contribution in [0.2, 0.25) is 0 Å². The molecule has 2 heterocycles. The minimum atomic E-state index is -4.34. The van der Waals surface area contributed by atoms with Crippen molar-refractivity contribution in [2.45, 2.75) is 11.1 Å². The van der Waals surface area contributed by atoms with E-state index < -0.39 is 31.9 Å². The molecular weight excluding hydrogens is 390 g/mol. The van der Waals surface area contributed by atoms with Gasteiger partial charge in [-0.2, -0.15) is 14.3 Å². The summed E-state index contributed by atoms with van der Waals surface area (Å²) in [7, 11) is -1.67. The number of ether oxygens (including phenoxy) is 2. The number of carbonyl (C=O) groups excluding carboxylic acids is 1. The number of rotatable bonds is 6. The Bertz CT molecular complexity index is 935. The van der Waals surface area contributed by atoms with E-state index in [1.165, 1.54) is 27.2 Å². The Hall–Kier alpha value is -3.00. The number of nitrogens with one attached hydrogen (secondary N) is 2. The van der Waals surface area contributed by atoms with E-state index in [1.807, 2.05) is 0 Å². The van der Waals surface area contributed by atoms with E-state index in [0.717, 1.165) is 0 Å². The van der Waals surface area contributed by atoms with Crippen molar-refractivity contribution in [2.24, 2.45) is 0 Å². The summed E-state index contributed by atoms with van der Waals surface area (Å²) in [6.45, 7) is 1.27. The Morgan fingerprint density at radius 1 is 1.19 bits per heavy atom. The van der Waals surface area contributed by atoms with Crippen LogP contribution in [0.3, 0.4) is 0 Å². The quantitative estimate of drug-likeness (QED) is 0.616. The number of sulfonamides is 1. The Balaban J connectivity index is 2.20. The molecule has 0 aliphatic carbocycles. The van der Waals surface area contributed by atoms with Crippen molar-refractivity contribution < 1.29 is 32.6 Å². The molecule has 3 N–H and O–H groups in total. The highest BCUT2D eigenvalue weighted by Crippen LogP contribution is 2.23. The lowest BCUT2D eigenvalue weighted by atomic mass is 10.3. The summed E-state index contributed by atoms with van der Waals surface area (Å²) >= 11 is 0.439. The second-order valence-corrected chi connectivity index (χ2v) is 7.24. The van der Waals surface area contributed by atoms with Crippen LogP contribution >= 0.6 is 11.5 Å². The van der Waals surface area contributed by atoms with Crippen LogP contribution in [0.4, 0.5) is 10.7 Å². The molecular formula is C12H13N5O7S2. The van der Waals surface area contributed by atoms with Crippen LogP contribution in [0, 0.1) is 6.92 Å². The highest BCUT2D eigenvalue weighted by molar-refractivity contribution is 7.92. The number of aromatic nitrogens is 3. The Labute approximate surface area is 151 Å². The first kappa shape index (κ1) is 19.3. The lowest BCUT2D eigenvalue weighted by Gasteiger charge is -2.09. The molecule has 2 rings (SSSR count). The van der Waals surface area contributed by atoms with Crippen LogP contribution in [-0.4, -0.2) is 54.1 Å². The number of amides is 2. The van der Waals surface area contributed by atoms with Gasteiger partial charge in [0.05, 0.1) is 20.3 Å². The molecule has 0 saturated heterocycles. The van der Waals surface area contributed by atoms with Gasteiger partial charge in [-0.05, 0) is 18.5 Å². The molecule has 0 aliphatic rings. The van der Waals surface area contributed by atoms with Crippen LogP contribution in [-0.2, 0) is 10.0 Å². The van der Waals surface area contributed by atoms with E-state index in [-0.39, 0.29) is 23.3 Å². The monoisotopic (exact) mass is 403 g/mol. The largest absolute Gasteiger partial charge is 0.481 e. The third-order valence-electron chi connectivity index (χ3n) is 2.88. The molecule has 12 nitrogen and oxygen atoms in total. The zero-order valence-corrected chi connectivity index (χ0v) is 15.3. The molecule has 2 amide bonds. The summed E-state index contributed by atoms with van der Waals surface area (Å²) < 4.78 is 39.2. The zero-order chi connectivity index (χ0) is 19.5. The number of aromatic carboxylic acids is 1. The van der Waals surface area contributed by atoms with Crippen LogP contribution < -0.4 is 19.5 Å². The molecule has 0 fully saturated rings. The van der Waals surface area contributed by atoms with Gasteiger partial charge in [-0.25, -0.2) is 22.7 Å². The number of hydrogen-bond donors (Lipinski definition) is 3. The van der Waals surface area contributed by atoms with Crippen molar-refractivity contribution in [3.05, 3.63) is 17.3 Å². The number of nitrogens with zero attached hydrogens (tertiary/aromatic N) is 3. The molecule has 0 spiro atoms. The summed E-state index contributed by atoms with van der Waals surface area (Å²) in [5.41, 5.74) is -0.487. The first-order chi connectivity index (χ1) is 12.2. The summed E-state index contributed by atoms with van der Waals surface area (Å²) in [4.78, 5) is 30.6. The minimum absolute atomic E-state index is 0.0814. The minimum Gasteiger partial charge on any atom is -0.481 e. The van der Waals surface area contributed by atoms with Crippen LogP contribution in [0.25, 0.3) is 0 Å². The van der Waals surface area contributed by atoms with Crippen molar-refractivity contribution in [1.29, 1.82) is 0 Å². The molecule has 0 bridgehead atoms. The maximum atomic E-state index is 12.3. The molecule has 0 saturated carbocycles. The first-order valence-corrected chi connectivity index (χ1v) is 8.94. The second kappa shape index (κ2) is 7.49. The molecule has 0 radical (unpaired) electrons. The standard InChI is InChI=1S/C12H13N5O7S2/c1-5-8(9(18)19)16-25-10(5)26(21,22)17-12(20)15-11-13-6(23-2)4-7(14-11)24-3/h4H,1-3H3,(H,18,19)(H2,13,14,15,17,20). The van der Waals surface area contributed by atoms with E-state index in [4.69, 9.17) is 14.6 Å². The third-order valence-corrected chi connectivity index (χ3v) is 5.75. The van der Waals surface area contributed by atoms with Crippen LogP contribution in [0.15, 0.2) is 10.3 Å². The van der Waals surface area contributed by atoms with Crippen molar-refractivity contribution in [3.8, 4) is 11.8 Å². The molecule has 0 aliphatic heterocycles. The smallest absolute Gasteiger partial charge is 0.355 e. The summed E-state index contributed by atoms with van der Waals surface area (Å²) in [5, 5.41) is 11.1. The maximum Gasteiger partial charge on any atom is 0.355 e. The lowest BCUT2D eigenvalue weighted by molar-refractivity contribution is 0.0691. The van der Waals surface area contributed by atoms with Gasteiger partial charge in [-0.1, -0.05) is 0 Å². The van der Waals surface area contributed by atoms with E-state index in [0.29, 0.717) is 11.5 Å². The Morgan fingerprint density at radius 3 is 2.23 bits per heavy atom. The van der Waals surface area contributed by atoms with Gasteiger partial charge in [0.2, 0.25) is 17.7 Å². The normalized spacial score (nSPS) is 10.9. The highest BCUT2D eigenvalue weighted by Gasteiger charge is 2.27. The van der Waals surface area contributed by atoms with Gasteiger partial charge in [0, 0.05) is 5.56 Å². The van der Waals surface area contributed by atoms with Crippen molar-refractivity contribution >= 4 is 39.5 Å². The van der Waals surface area contributed by atoms with Crippen molar-refractivity contribution in [2.75, 3.05) is 19.5 Å². The fourth-order valence-electron chi connectivity index (χ4n) is 1.74. The van der Waals surface area contributed by atoms with Crippen molar-refractivity contribution in [1.82, 2.24) is 19.1 Å². The lowest BCUT2D eigenvalue weighted by Crippen LogP contribution is -2.34. The molecule has 140 valence electrons. The topological polar surface area (TPSA) is 170 Å². The fraction of sp³-hybridized carbons (Fsp3) is 0.250. The second-order valence-electron chi connectivity index (χ2n) is 4.58. The number of carboxylic acids is 1. The number of carboxylic acid groups (broad SMARTS) is 1. The third kappa shape index (κ3) is 4.15. The van der Waals surface area contributed by atoms with Gasteiger partial charge < -0.3 is 14.6 Å². The summed E-state index contributed by atoms with van der Waals surface area (Å²) in [6, 6.07) is 0.193. The number of methoxy groups -OCH3 is 2. The van der Waals surface area contributed by atoms with Gasteiger partial charge >= 0.3 is 12.0 Å². The van der Waals surface area contributed by atoms with Gasteiger partial charge in [-0.3, -0.25) is 5.32 Å². The Kier molecular flexibility index (Phi) is 5.56. The molecule has 2 aromatic heterocycles. The Morgan fingerprint density at radius 2 is 1.77 bits per heavy atom. The summed E-state index contributed by atoms with van der Waals surface area (Å²) in [5.74, 6) is -1.47. The summed E-state index contributed by atoms with van der Waals surface area (Å²) in [6.07, 6.45) is 0. The SMILES string of the molecule is COc1cc(OC)nc(NC(=O)NS(=O)(=O)c2snc(C(=O)O)c2C)n1. The van der Waals surface area contributed by atoms with E-state index in [2.05, 4.69) is 19.7 Å². The number of carbonyl (C=O) groups is 2. The molecule has 0 unspecified atom stereocenters. The van der Waals surface area contributed by atoms with Crippen LogP contribution in [0.5, 0.6) is 11.8 Å². The fourth-order valence-corrected chi connectivity index (χ4v) is 3.87. The predicted molar refractivity (Wildman–Crippen MR) is 88.3 cm³/mol. The molecule has 14 heteroatoms. The van der Waals surface area contributed by atoms with Gasteiger partial charge in [0.1, 0.15) is 0 Å². The van der Waals surface area contributed by atoms with Crippen LogP contribution in [0.1, 0.15) is 16.1 Å². The van der Waals surface area contributed by atoms with E-state index >= 15 is 0 Å². The molecule has 0 aromatic carbocycles. The average molecular weight is 403 g/mol. The van der Waals surface area contributed by atoms with Gasteiger partial charge in [0.15, 0.2) is 9.90 Å². The predicted octanol–water partition coefficient (Wildman–Crippen LogP) is 0.467. The average Bonchev–Trinajstić information content (AvgIpc) is 2.96. The first-order valence-electron chi connectivity index (χ1n) is 6.68. The number of hydrogen-bond acceptors (Lipinski definition) is 10. The maximum absolute atomic E-state index is 12.3. The number of anilines is 1.